The van der Waals surface area contributed by atoms with Crippen molar-refractivity contribution < 1.29 is 9.53 Å². The Bertz CT molecular complexity index is 433. The molecule has 104 valence electrons. The van der Waals surface area contributed by atoms with Gasteiger partial charge >= 0.3 is 0 Å². The number of halogens is 1. The molecule has 19 heavy (non-hydrogen) atoms. The van der Waals surface area contributed by atoms with E-state index in [0.29, 0.717) is 13.0 Å². The number of rotatable bonds is 4. The highest BCUT2D eigenvalue weighted by atomic mass is 79.9. The van der Waals surface area contributed by atoms with Crippen molar-refractivity contribution in [3.63, 3.8) is 0 Å². The van der Waals surface area contributed by atoms with E-state index in [1.165, 1.54) is 0 Å². The Hall–Kier alpha value is -0.910. The summed E-state index contributed by atoms with van der Waals surface area (Å²) >= 11 is 3.47. The van der Waals surface area contributed by atoms with Crippen molar-refractivity contribution in [1.29, 1.82) is 0 Å². The maximum atomic E-state index is 12.2. The second-order valence-corrected chi connectivity index (χ2v) is 5.59. The van der Waals surface area contributed by atoms with Gasteiger partial charge in [-0.25, -0.2) is 0 Å². The molecule has 1 amide bonds. The van der Waals surface area contributed by atoms with Gasteiger partial charge in [-0.05, 0) is 11.6 Å². The van der Waals surface area contributed by atoms with Crippen LogP contribution in [0.4, 0.5) is 0 Å². The molecule has 2 rings (SSSR count). The van der Waals surface area contributed by atoms with Crippen LogP contribution >= 0.6 is 15.9 Å². The van der Waals surface area contributed by atoms with Gasteiger partial charge in [-0.2, -0.15) is 0 Å². The molecule has 1 aromatic carbocycles. The molecule has 0 aliphatic carbocycles. The fourth-order valence-electron chi connectivity index (χ4n) is 2.08. The third-order valence-electron chi connectivity index (χ3n) is 3.21. The molecule has 1 heterocycles. The molecule has 1 fully saturated rings. The van der Waals surface area contributed by atoms with Crippen LogP contribution in [-0.4, -0.2) is 50.2 Å². The zero-order chi connectivity index (χ0) is 13.7. The predicted octanol–water partition coefficient (Wildman–Crippen LogP) is 1.44. The van der Waals surface area contributed by atoms with Gasteiger partial charge in [0.05, 0.1) is 19.1 Å². The summed E-state index contributed by atoms with van der Waals surface area (Å²) in [5.74, 6) is 0.112. The lowest BCUT2D eigenvalue weighted by Gasteiger charge is -2.28. The van der Waals surface area contributed by atoms with Crippen LogP contribution in [-0.2, 0) is 16.0 Å². The molecule has 0 aromatic heterocycles. The predicted molar refractivity (Wildman–Crippen MR) is 78.1 cm³/mol. The minimum absolute atomic E-state index is 0.0990. The van der Waals surface area contributed by atoms with Crippen LogP contribution in [0, 0.1) is 0 Å². The number of benzene rings is 1. The Labute approximate surface area is 122 Å². The number of ether oxygens (including phenoxy) is 1. The zero-order valence-corrected chi connectivity index (χ0v) is 12.6. The quantitative estimate of drug-likeness (QED) is 0.910. The van der Waals surface area contributed by atoms with Gasteiger partial charge in [-0.3, -0.25) is 4.79 Å². The van der Waals surface area contributed by atoms with Crippen molar-refractivity contribution in [2.45, 2.75) is 12.5 Å². The minimum Gasteiger partial charge on any atom is -0.374 e. The molecule has 1 unspecified atom stereocenters. The molecular weight excluding hydrogens is 308 g/mol. The molecular formula is C14H19BrN2O2. The van der Waals surface area contributed by atoms with Gasteiger partial charge in [-0.1, -0.05) is 34.1 Å². The van der Waals surface area contributed by atoms with Crippen LogP contribution < -0.4 is 5.32 Å². The molecule has 1 saturated heterocycles. The summed E-state index contributed by atoms with van der Waals surface area (Å²) in [7, 11) is 1.83. The molecule has 0 saturated carbocycles. The van der Waals surface area contributed by atoms with Crippen molar-refractivity contribution in [3.05, 3.63) is 34.3 Å². The molecule has 1 N–H and O–H groups in total. The topological polar surface area (TPSA) is 41.6 Å². The Balaban J connectivity index is 1.87. The Morgan fingerprint density at radius 1 is 1.53 bits per heavy atom. The number of carbonyl (C=O) groups is 1. The van der Waals surface area contributed by atoms with E-state index in [0.717, 1.165) is 29.7 Å². The van der Waals surface area contributed by atoms with E-state index < -0.39 is 0 Å². The van der Waals surface area contributed by atoms with Gasteiger partial charge in [0.1, 0.15) is 0 Å². The van der Waals surface area contributed by atoms with Gasteiger partial charge in [0.25, 0.3) is 0 Å². The fourth-order valence-corrected chi connectivity index (χ4v) is 2.51. The van der Waals surface area contributed by atoms with E-state index >= 15 is 0 Å². The van der Waals surface area contributed by atoms with Crippen LogP contribution in [0.3, 0.4) is 0 Å². The number of morpholine rings is 1. The Morgan fingerprint density at radius 3 is 3.00 bits per heavy atom. The first kappa shape index (κ1) is 14.5. The molecule has 0 bridgehead atoms. The number of nitrogens with zero attached hydrogens (tertiary/aromatic N) is 1. The first-order valence-corrected chi connectivity index (χ1v) is 7.26. The van der Waals surface area contributed by atoms with Crippen molar-refractivity contribution in [1.82, 2.24) is 10.2 Å². The van der Waals surface area contributed by atoms with E-state index in [2.05, 4.69) is 21.2 Å². The highest BCUT2D eigenvalue weighted by Gasteiger charge is 2.19. The molecule has 4 nitrogen and oxygen atoms in total. The maximum absolute atomic E-state index is 12.2. The minimum atomic E-state index is 0.0990. The van der Waals surface area contributed by atoms with E-state index in [4.69, 9.17) is 4.74 Å². The first-order valence-electron chi connectivity index (χ1n) is 6.46. The lowest BCUT2D eigenvalue weighted by Crippen LogP contribution is -2.46. The number of likely N-dealkylation sites (N-methyl/N-ethyl adjacent to an activating group) is 1. The molecule has 0 radical (unpaired) electrons. The van der Waals surface area contributed by atoms with Crippen LogP contribution in [0.15, 0.2) is 28.7 Å². The van der Waals surface area contributed by atoms with Crippen LogP contribution in [0.1, 0.15) is 5.56 Å². The SMILES string of the molecule is CN(CC1CNCCO1)C(=O)Cc1ccccc1Br. The van der Waals surface area contributed by atoms with E-state index in [1.807, 2.05) is 31.3 Å². The highest BCUT2D eigenvalue weighted by molar-refractivity contribution is 9.10. The average Bonchev–Trinajstić information content (AvgIpc) is 2.42. The lowest BCUT2D eigenvalue weighted by molar-refractivity contribution is -0.131. The first-order chi connectivity index (χ1) is 9.16. The largest absolute Gasteiger partial charge is 0.374 e. The van der Waals surface area contributed by atoms with Crippen molar-refractivity contribution in [2.75, 3.05) is 33.3 Å². The van der Waals surface area contributed by atoms with Gasteiger partial charge < -0.3 is 15.0 Å². The highest BCUT2D eigenvalue weighted by Crippen LogP contribution is 2.17. The van der Waals surface area contributed by atoms with Crippen LogP contribution in [0.25, 0.3) is 0 Å². The zero-order valence-electron chi connectivity index (χ0n) is 11.1. The van der Waals surface area contributed by atoms with E-state index in [-0.39, 0.29) is 12.0 Å². The third kappa shape index (κ3) is 4.30. The van der Waals surface area contributed by atoms with Crippen LogP contribution in [0.2, 0.25) is 0 Å². The summed E-state index contributed by atoms with van der Waals surface area (Å²) in [6.45, 7) is 3.06. The molecule has 5 heteroatoms. The summed E-state index contributed by atoms with van der Waals surface area (Å²) in [6.07, 6.45) is 0.514. The lowest BCUT2D eigenvalue weighted by atomic mass is 10.1. The summed E-state index contributed by atoms with van der Waals surface area (Å²) in [5.41, 5.74) is 1.02. The summed E-state index contributed by atoms with van der Waals surface area (Å²) in [6, 6.07) is 7.82. The molecule has 0 spiro atoms. The molecule has 1 atom stereocenters. The van der Waals surface area contributed by atoms with E-state index in [9.17, 15) is 4.79 Å². The number of amides is 1. The Kier molecular flexibility index (Phi) is 5.36. The van der Waals surface area contributed by atoms with Gasteiger partial charge in [0, 0.05) is 31.2 Å². The van der Waals surface area contributed by atoms with Crippen molar-refractivity contribution in [3.8, 4) is 0 Å². The summed E-state index contributed by atoms with van der Waals surface area (Å²) in [4.78, 5) is 13.9. The summed E-state index contributed by atoms with van der Waals surface area (Å²) < 4.78 is 6.59. The fraction of sp³-hybridized carbons (Fsp3) is 0.500. The van der Waals surface area contributed by atoms with Gasteiger partial charge in [0.15, 0.2) is 0 Å². The molecule has 1 aliphatic rings. The number of carbonyl (C=O) groups excluding carboxylic acids is 1. The van der Waals surface area contributed by atoms with Crippen molar-refractivity contribution in [2.24, 2.45) is 0 Å². The maximum Gasteiger partial charge on any atom is 0.226 e. The van der Waals surface area contributed by atoms with Gasteiger partial charge in [-0.15, -0.1) is 0 Å². The second-order valence-electron chi connectivity index (χ2n) is 4.74. The number of nitrogens with one attached hydrogen (secondary N) is 1. The van der Waals surface area contributed by atoms with E-state index in [1.54, 1.807) is 4.90 Å². The molecule has 1 aliphatic heterocycles. The van der Waals surface area contributed by atoms with Crippen molar-refractivity contribution >= 4 is 21.8 Å². The average molecular weight is 327 g/mol. The Morgan fingerprint density at radius 2 is 2.32 bits per heavy atom. The van der Waals surface area contributed by atoms with Crippen LogP contribution in [0.5, 0.6) is 0 Å². The van der Waals surface area contributed by atoms with Gasteiger partial charge in [0.2, 0.25) is 5.91 Å². The second kappa shape index (κ2) is 7.03. The summed E-state index contributed by atoms with van der Waals surface area (Å²) in [5, 5.41) is 3.27. The standard InChI is InChI=1S/C14H19BrN2O2/c1-17(10-12-9-16-6-7-19-12)14(18)8-11-4-2-3-5-13(11)15/h2-5,12,16H,6-10H2,1H3. The number of hydrogen-bond acceptors (Lipinski definition) is 3. The third-order valence-corrected chi connectivity index (χ3v) is 3.98. The number of hydrogen-bond donors (Lipinski definition) is 1. The smallest absolute Gasteiger partial charge is 0.226 e. The monoisotopic (exact) mass is 326 g/mol. The normalized spacial score (nSPS) is 19.2. The molecule has 1 aromatic rings.